The number of hydrogen-bond donors (Lipinski definition) is 1. The van der Waals surface area contributed by atoms with Gasteiger partial charge in [-0.3, -0.25) is 4.79 Å². The second-order valence-electron chi connectivity index (χ2n) is 5.11. The van der Waals surface area contributed by atoms with E-state index in [4.69, 9.17) is 0 Å². The zero-order valence-electron chi connectivity index (χ0n) is 10.8. The van der Waals surface area contributed by atoms with Crippen molar-refractivity contribution < 1.29 is 13.2 Å². The van der Waals surface area contributed by atoms with Gasteiger partial charge in [0.15, 0.2) is 0 Å². The van der Waals surface area contributed by atoms with Gasteiger partial charge < -0.3 is 5.32 Å². The molecule has 17 heavy (non-hydrogen) atoms. The number of ketones is 1. The standard InChI is InChI=1S/C12H23NO3S/c1-3-6-12(7-8-13-10-12)11(14)5-4-9-17(2,15)16/h13H,3-10H2,1-2H3. The van der Waals surface area contributed by atoms with E-state index in [1.165, 1.54) is 6.26 Å². The fourth-order valence-electron chi connectivity index (χ4n) is 2.57. The highest BCUT2D eigenvalue weighted by Gasteiger charge is 2.39. The molecule has 4 nitrogen and oxygen atoms in total. The Bertz CT molecular complexity index is 356. The van der Waals surface area contributed by atoms with Crippen LogP contribution in [0.3, 0.4) is 0 Å². The van der Waals surface area contributed by atoms with E-state index in [2.05, 4.69) is 12.2 Å². The van der Waals surface area contributed by atoms with Crippen LogP contribution in [-0.4, -0.2) is 39.3 Å². The summed E-state index contributed by atoms with van der Waals surface area (Å²) in [4.78, 5) is 12.2. The Balaban J connectivity index is 2.49. The van der Waals surface area contributed by atoms with Crippen LogP contribution in [0.15, 0.2) is 0 Å². The lowest BCUT2D eigenvalue weighted by molar-refractivity contribution is -0.128. The highest BCUT2D eigenvalue weighted by molar-refractivity contribution is 7.90. The van der Waals surface area contributed by atoms with E-state index in [1.54, 1.807) is 0 Å². The topological polar surface area (TPSA) is 63.2 Å². The predicted molar refractivity (Wildman–Crippen MR) is 68.8 cm³/mol. The van der Waals surface area contributed by atoms with Gasteiger partial charge in [-0.15, -0.1) is 0 Å². The summed E-state index contributed by atoms with van der Waals surface area (Å²) in [5.74, 6) is 0.363. The molecule has 0 aromatic carbocycles. The van der Waals surface area contributed by atoms with Crippen molar-refractivity contribution in [2.24, 2.45) is 5.41 Å². The molecular formula is C12H23NO3S. The van der Waals surface area contributed by atoms with Gasteiger partial charge in [0.1, 0.15) is 15.6 Å². The van der Waals surface area contributed by atoms with Crippen LogP contribution >= 0.6 is 0 Å². The van der Waals surface area contributed by atoms with E-state index >= 15 is 0 Å². The molecule has 1 N–H and O–H groups in total. The Kier molecular flexibility index (Phi) is 5.13. The van der Waals surface area contributed by atoms with Gasteiger partial charge in [0.05, 0.1) is 5.75 Å². The van der Waals surface area contributed by atoms with E-state index in [-0.39, 0.29) is 17.0 Å². The minimum atomic E-state index is -2.94. The van der Waals surface area contributed by atoms with Crippen LogP contribution in [0, 0.1) is 5.41 Å². The van der Waals surface area contributed by atoms with Gasteiger partial charge in [-0.25, -0.2) is 8.42 Å². The minimum absolute atomic E-state index is 0.119. The lowest BCUT2D eigenvalue weighted by Gasteiger charge is -2.26. The molecule has 5 heteroatoms. The molecule has 1 aliphatic heterocycles. The Morgan fingerprint density at radius 1 is 1.41 bits per heavy atom. The van der Waals surface area contributed by atoms with Gasteiger partial charge in [-0.05, 0) is 25.8 Å². The first-order valence-electron chi connectivity index (χ1n) is 6.31. The zero-order chi connectivity index (χ0) is 12.9. The fourth-order valence-corrected chi connectivity index (χ4v) is 3.24. The lowest BCUT2D eigenvalue weighted by atomic mass is 9.77. The summed E-state index contributed by atoms with van der Waals surface area (Å²) in [5.41, 5.74) is -0.216. The Morgan fingerprint density at radius 2 is 2.12 bits per heavy atom. The van der Waals surface area contributed by atoms with Crippen molar-refractivity contribution >= 4 is 15.6 Å². The van der Waals surface area contributed by atoms with Crippen LogP contribution in [0.2, 0.25) is 0 Å². The Morgan fingerprint density at radius 3 is 2.59 bits per heavy atom. The van der Waals surface area contributed by atoms with Gasteiger partial charge in [0.2, 0.25) is 0 Å². The van der Waals surface area contributed by atoms with Gasteiger partial charge in [-0.1, -0.05) is 13.3 Å². The largest absolute Gasteiger partial charge is 0.316 e. The van der Waals surface area contributed by atoms with Crippen molar-refractivity contribution in [3.63, 3.8) is 0 Å². The molecule has 0 spiro atoms. The first-order chi connectivity index (χ1) is 7.90. The summed E-state index contributed by atoms with van der Waals surface area (Å²) in [5, 5.41) is 3.25. The molecule has 0 amide bonds. The summed E-state index contributed by atoms with van der Waals surface area (Å²) < 4.78 is 22.0. The highest BCUT2D eigenvalue weighted by atomic mass is 32.2. The van der Waals surface area contributed by atoms with Gasteiger partial charge >= 0.3 is 0 Å². The summed E-state index contributed by atoms with van der Waals surface area (Å²) in [6.07, 6.45) is 4.89. The van der Waals surface area contributed by atoms with Crippen LogP contribution in [0.1, 0.15) is 39.0 Å². The third-order valence-corrected chi connectivity index (χ3v) is 4.51. The van der Waals surface area contributed by atoms with Crippen LogP contribution < -0.4 is 5.32 Å². The monoisotopic (exact) mass is 261 g/mol. The predicted octanol–water partition coefficient (Wildman–Crippen LogP) is 1.16. The molecule has 1 atom stereocenters. The molecule has 1 heterocycles. The zero-order valence-corrected chi connectivity index (χ0v) is 11.6. The SMILES string of the molecule is CCCC1(C(=O)CCCS(C)(=O)=O)CCNC1. The number of carbonyl (C=O) groups excluding carboxylic acids is 1. The first-order valence-corrected chi connectivity index (χ1v) is 8.37. The average Bonchev–Trinajstić information content (AvgIpc) is 2.66. The van der Waals surface area contributed by atoms with E-state index in [0.717, 1.165) is 32.4 Å². The maximum atomic E-state index is 12.2. The molecule has 1 rings (SSSR count). The van der Waals surface area contributed by atoms with Crippen molar-refractivity contribution in [1.82, 2.24) is 5.32 Å². The molecule has 0 radical (unpaired) electrons. The number of hydrogen-bond acceptors (Lipinski definition) is 4. The number of rotatable bonds is 7. The Labute approximate surface area is 104 Å². The number of Topliss-reactive ketones (excluding diaryl/α,β-unsaturated/α-hetero) is 1. The number of sulfone groups is 1. The van der Waals surface area contributed by atoms with Crippen molar-refractivity contribution in [3.05, 3.63) is 0 Å². The van der Waals surface area contributed by atoms with Crippen molar-refractivity contribution in [2.45, 2.75) is 39.0 Å². The smallest absolute Gasteiger partial charge is 0.147 e. The third-order valence-electron chi connectivity index (χ3n) is 3.48. The van der Waals surface area contributed by atoms with Gasteiger partial charge in [0.25, 0.3) is 0 Å². The molecule has 1 saturated heterocycles. The first kappa shape index (κ1) is 14.6. The van der Waals surface area contributed by atoms with Crippen LogP contribution in [0.25, 0.3) is 0 Å². The van der Waals surface area contributed by atoms with E-state index in [9.17, 15) is 13.2 Å². The summed E-state index contributed by atoms with van der Waals surface area (Å²) >= 11 is 0. The van der Waals surface area contributed by atoms with Crippen LogP contribution in [-0.2, 0) is 14.6 Å². The molecule has 0 aliphatic carbocycles. The van der Waals surface area contributed by atoms with Crippen molar-refractivity contribution in [3.8, 4) is 0 Å². The van der Waals surface area contributed by atoms with Crippen molar-refractivity contribution in [1.29, 1.82) is 0 Å². The normalized spacial score (nSPS) is 25.1. The minimum Gasteiger partial charge on any atom is -0.316 e. The molecule has 1 aliphatic rings. The van der Waals surface area contributed by atoms with E-state index in [1.807, 2.05) is 0 Å². The average molecular weight is 261 g/mol. The molecule has 0 aromatic rings. The summed E-state index contributed by atoms with van der Waals surface area (Å²) in [7, 11) is -2.94. The Hall–Kier alpha value is -0.420. The fraction of sp³-hybridized carbons (Fsp3) is 0.917. The lowest BCUT2D eigenvalue weighted by Crippen LogP contribution is -2.33. The summed E-state index contributed by atoms with van der Waals surface area (Å²) in [6, 6.07) is 0. The maximum Gasteiger partial charge on any atom is 0.147 e. The van der Waals surface area contributed by atoms with E-state index < -0.39 is 9.84 Å². The van der Waals surface area contributed by atoms with Crippen LogP contribution in [0.4, 0.5) is 0 Å². The molecular weight excluding hydrogens is 238 g/mol. The molecule has 100 valence electrons. The second-order valence-corrected chi connectivity index (χ2v) is 7.37. The third kappa shape index (κ3) is 4.39. The van der Waals surface area contributed by atoms with Crippen LogP contribution in [0.5, 0.6) is 0 Å². The van der Waals surface area contributed by atoms with E-state index in [0.29, 0.717) is 12.8 Å². The quantitative estimate of drug-likeness (QED) is 0.747. The van der Waals surface area contributed by atoms with Crippen molar-refractivity contribution in [2.75, 3.05) is 25.1 Å². The van der Waals surface area contributed by atoms with Gasteiger partial charge in [0, 0.05) is 24.6 Å². The molecule has 0 saturated carbocycles. The molecule has 1 fully saturated rings. The van der Waals surface area contributed by atoms with Gasteiger partial charge in [-0.2, -0.15) is 0 Å². The highest BCUT2D eigenvalue weighted by Crippen LogP contribution is 2.33. The maximum absolute atomic E-state index is 12.2. The molecule has 1 unspecified atom stereocenters. The number of carbonyl (C=O) groups is 1. The molecule has 0 bridgehead atoms. The number of nitrogens with one attached hydrogen (secondary N) is 1. The molecule has 0 aromatic heterocycles. The second kappa shape index (κ2) is 5.96. The summed E-state index contributed by atoms with van der Waals surface area (Å²) in [6.45, 7) is 3.75.